The summed E-state index contributed by atoms with van der Waals surface area (Å²) < 4.78 is 13.1. The lowest BCUT2D eigenvalue weighted by molar-refractivity contribution is -0.240. The zero-order valence-electron chi connectivity index (χ0n) is 24.2. The van der Waals surface area contributed by atoms with Crippen LogP contribution in [0.1, 0.15) is 57.8 Å². The number of carbonyl (C=O) groups excluding carboxylic acids is 4. The van der Waals surface area contributed by atoms with E-state index >= 15 is 0 Å². The standard InChI is InChI=1S/C36H30N2O6/c1-21(23-13-5-3-6-14-23)37-33(41)35-29(31(39)25-17-9-11-19-27(25)43-35)30-32(40)26-18-10-12-20-28(26)44-36(30,35)34(42)38-22(2)24-15-7-4-8-16-24/h3-22,29-30H,1-2H3,(H,37,41)(H,38,42)/t21-,22-,29-,30-,35-,36-/m1/s1. The van der Waals surface area contributed by atoms with Gasteiger partial charge in [-0.2, -0.15) is 0 Å². The van der Waals surface area contributed by atoms with Crippen LogP contribution in [0.2, 0.25) is 0 Å². The van der Waals surface area contributed by atoms with Crippen molar-refractivity contribution in [3.05, 3.63) is 131 Å². The van der Waals surface area contributed by atoms with Gasteiger partial charge in [-0.05, 0) is 49.2 Å². The van der Waals surface area contributed by atoms with E-state index < -0.39 is 58.5 Å². The number of para-hydroxylation sites is 2. The summed E-state index contributed by atoms with van der Waals surface area (Å²) in [6.45, 7) is 3.61. The van der Waals surface area contributed by atoms with Gasteiger partial charge in [0.2, 0.25) is 11.2 Å². The van der Waals surface area contributed by atoms with E-state index in [2.05, 4.69) is 10.6 Å². The van der Waals surface area contributed by atoms with Gasteiger partial charge in [0, 0.05) is 0 Å². The fourth-order valence-electron chi connectivity index (χ4n) is 6.96. The van der Waals surface area contributed by atoms with E-state index in [-0.39, 0.29) is 22.6 Å². The maximum Gasteiger partial charge on any atom is 0.270 e. The van der Waals surface area contributed by atoms with Gasteiger partial charge < -0.3 is 20.1 Å². The van der Waals surface area contributed by atoms with Crippen LogP contribution in [0.15, 0.2) is 109 Å². The summed E-state index contributed by atoms with van der Waals surface area (Å²) in [5.41, 5.74) is -2.25. The van der Waals surface area contributed by atoms with E-state index in [9.17, 15) is 19.2 Å². The van der Waals surface area contributed by atoms with Crippen molar-refractivity contribution in [1.29, 1.82) is 0 Å². The largest absolute Gasteiger partial charge is 0.471 e. The molecule has 6 atom stereocenters. The maximum absolute atomic E-state index is 14.7. The molecule has 3 aliphatic rings. The second-order valence-corrected chi connectivity index (χ2v) is 11.6. The Hall–Kier alpha value is -5.24. The van der Waals surface area contributed by atoms with Crippen LogP contribution >= 0.6 is 0 Å². The van der Waals surface area contributed by atoms with Gasteiger partial charge >= 0.3 is 0 Å². The number of ketones is 2. The molecule has 8 nitrogen and oxygen atoms in total. The minimum Gasteiger partial charge on any atom is -0.471 e. The van der Waals surface area contributed by atoms with Gasteiger partial charge in [-0.25, -0.2) is 0 Å². The van der Waals surface area contributed by atoms with E-state index in [0.29, 0.717) is 0 Å². The lowest BCUT2D eigenvalue weighted by Gasteiger charge is -2.65. The molecule has 0 saturated heterocycles. The Bertz CT molecular complexity index is 1670. The number of nitrogens with one attached hydrogen (secondary N) is 2. The summed E-state index contributed by atoms with van der Waals surface area (Å²) in [7, 11) is 0. The number of fused-ring (bicyclic) bond motifs is 6. The number of carbonyl (C=O) groups is 4. The van der Waals surface area contributed by atoms with E-state index in [1.54, 1.807) is 62.4 Å². The normalized spacial score (nSPS) is 25.7. The van der Waals surface area contributed by atoms with Crippen LogP contribution in [0.4, 0.5) is 0 Å². The highest BCUT2D eigenvalue weighted by atomic mass is 16.6. The Morgan fingerprint density at radius 3 is 1.30 bits per heavy atom. The molecule has 0 bridgehead atoms. The zero-order chi connectivity index (χ0) is 30.6. The fourth-order valence-corrected chi connectivity index (χ4v) is 6.96. The first-order chi connectivity index (χ1) is 21.3. The molecular formula is C36H30N2O6. The van der Waals surface area contributed by atoms with E-state index in [1.807, 2.05) is 60.7 Å². The highest BCUT2D eigenvalue weighted by Gasteiger charge is 2.89. The number of ether oxygens (including phenoxy) is 2. The third-order valence-electron chi connectivity index (χ3n) is 9.14. The molecule has 2 amide bonds. The van der Waals surface area contributed by atoms with Crippen molar-refractivity contribution in [2.45, 2.75) is 37.1 Å². The van der Waals surface area contributed by atoms with E-state index in [0.717, 1.165) is 11.1 Å². The van der Waals surface area contributed by atoms with Gasteiger partial charge in [0.15, 0.2) is 11.6 Å². The molecule has 220 valence electrons. The molecule has 0 aromatic heterocycles. The van der Waals surface area contributed by atoms with E-state index in [4.69, 9.17) is 9.47 Å². The molecule has 1 saturated carbocycles. The first kappa shape index (κ1) is 27.6. The fraction of sp³-hybridized carbons (Fsp3) is 0.222. The Morgan fingerprint density at radius 1 is 0.568 bits per heavy atom. The van der Waals surface area contributed by atoms with Crippen molar-refractivity contribution in [2.24, 2.45) is 11.8 Å². The minimum absolute atomic E-state index is 0.146. The van der Waals surface area contributed by atoms with Crippen LogP contribution in [0, 0.1) is 11.8 Å². The average Bonchev–Trinajstić information content (AvgIpc) is 3.05. The predicted octanol–water partition coefficient (Wildman–Crippen LogP) is 5.02. The summed E-state index contributed by atoms with van der Waals surface area (Å²) in [6.07, 6.45) is 0. The topological polar surface area (TPSA) is 111 Å². The monoisotopic (exact) mass is 586 g/mol. The first-order valence-electron chi connectivity index (χ1n) is 14.7. The third kappa shape index (κ3) is 3.76. The van der Waals surface area contributed by atoms with Crippen molar-refractivity contribution in [3.8, 4) is 11.5 Å². The molecule has 4 aromatic rings. The number of hydrogen-bond donors (Lipinski definition) is 2. The summed E-state index contributed by atoms with van der Waals surface area (Å²) in [6, 6.07) is 30.8. The molecule has 7 rings (SSSR count). The Balaban J connectivity index is 1.41. The van der Waals surface area contributed by atoms with Gasteiger partial charge in [0.25, 0.3) is 11.8 Å². The number of rotatable bonds is 6. The molecule has 2 N–H and O–H groups in total. The van der Waals surface area contributed by atoms with Gasteiger partial charge in [0.05, 0.1) is 35.0 Å². The van der Waals surface area contributed by atoms with Crippen LogP contribution in [0.25, 0.3) is 0 Å². The highest BCUT2D eigenvalue weighted by Crippen LogP contribution is 2.64. The van der Waals surface area contributed by atoms with Crippen LogP contribution in [-0.4, -0.2) is 34.6 Å². The Kier molecular flexibility index (Phi) is 6.39. The number of benzene rings is 4. The molecule has 8 heteroatoms. The predicted molar refractivity (Wildman–Crippen MR) is 161 cm³/mol. The molecule has 0 spiro atoms. The van der Waals surface area contributed by atoms with Crippen molar-refractivity contribution in [3.63, 3.8) is 0 Å². The molecule has 0 radical (unpaired) electrons. The second kappa shape index (κ2) is 10.2. The summed E-state index contributed by atoms with van der Waals surface area (Å²) >= 11 is 0. The highest BCUT2D eigenvalue weighted by molar-refractivity contribution is 6.20. The smallest absolute Gasteiger partial charge is 0.270 e. The van der Waals surface area contributed by atoms with Gasteiger partial charge in [-0.15, -0.1) is 0 Å². The van der Waals surface area contributed by atoms with Crippen LogP contribution < -0.4 is 20.1 Å². The zero-order valence-corrected chi connectivity index (χ0v) is 24.2. The van der Waals surface area contributed by atoms with Crippen molar-refractivity contribution in [1.82, 2.24) is 10.6 Å². The number of Topliss-reactive ketones (excluding diaryl/α,β-unsaturated/α-hetero) is 2. The Morgan fingerprint density at radius 2 is 0.909 bits per heavy atom. The number of amides is 2. The van der Waals surface area contributed by atoms with Crippen LogP contribution in [-0.2, 0) is 9.59 Å². The Labute approximate surface area is 254 Å². The first-order valence-corrected chi connectivity index (χ1v) is 14.7. The summed E-state index contributed by atoms with van der Waals surface area (Å²) in [5.74, 6) is -4.65. The van der Waals surface area contributed by atoms with Crippen LogP contribution in [0.5, 0.6) is 11.5 Å². The maximum atomic E-state index is 14.7. The van der Waals surface area contributed by atoms with Crippen molar-refractivity contribution in [2.75, 3.05) is 0 Å². The van der Waals surface area contributed by atoms with Crippen molar-refractivity contribution < 1.29 is 28.7 Å². The van der Waals surface area contributed by atoms with E-state index in [1.165, 1.54) is 0 Å². The molecule has 2 aliphatic heterocycles. The molecule has 44 heavy (non-hydrogen) atoms. The quantitative estimate of drug-likeness (QED) is 0.329. The molecule has 0 unspecified atom stereocenters. The van der Waals surface area contributed by atoms with Gasteiger partial charge in [-0.1, -0.05) is 84.9 Å². The SMILES string of the molecule is C[C@@H](NC(=O)[C@]12Oc3ccccc3C(=O)[C@H]1[C@@H]1C(=O)c3ccccc3O[C@@]12C(=O)N[C@H](C)c1ccccc1)c1ccccc1. The average molecular weight is 587 g/mol. The lowest BCUT2D eigenvalue weighted by atomic mass is 9.44. The van der Waals surface area contributed by atoms with Gasteiger partial charge in [-0.3, -0.25) is 19.2 Å². The number of hydrogen-bond acceptors (Lipinski definition) is 6. The molecule has 1 aliphatic carbocycles. The lowest BCUT2D eigenvalue weighted by Crippen LogP contribution is -2.92. The van der Waals surface area contributed by atoms with Crippen LogP contribution in [0.3, 0.4) is 0 Å². The third-order valence-corrected chi connectivity index (χ3v) is 9.14. The summed E-state index contributed by atoms with van der Waals surface area (Å²) in [4.78, 5) is 57.9. The molecular weight excluding hydrogens is 556 g/mol. The second-order valence-electron chi connectivity index (χ2n) is 11.6. The minimum atomic E-state index is -2.18. The van der Waals surface area contributed by atoms with Crippen molar-refractivity contribution >= 4 is 23.4 Å². The molecule has 1 fully saturated rings. The molecule has 4 aromatic carbocycles. The summed E-state index contributed by atoms with van der Waals surface area (Å²) in [5, 5.41) is 5.98. The van der Waals surface area contributed by atoms with Gasteiger partial charge in [0.1, 0.15) is 11.5 Å². The molecule has 2 heterocycles.